The third-order valence-corrected chi connectivity index (χ3v) is 4.68. The summed E-state index contributed by atoms with van der Waals surface area (Å²) in [7, 11) is 3.19. The number of aryl methyl sites for hydroxylation is 1. The molecule has 0 aliphatic rings. The lowest BCUT2D eigenvalue weighted by Gasteiger charge is -2.11. The van der Waals surface area contributed by atoms with Crippen molar-refractivity contribution in [1.82, 2.24) is 19.1 Å². The number of ether oxygens (including phenoxy) is 3. The smallest absolute Gasteiger partial charge is 0.332 e. The van der Waals surface area contributed by atoms with E-state index in [0.717, 1.165) is 5.56 Å². The van der Waals surface area contributed by atoms with Crippen LogP contribution in [0.4, 0.5) is 0 Å². The summed E-state index contributed by atoms with van der Waals surface area (Å²) < 4.78 is 18.7. The quantitative estimate of drug-likeness (QED) is 0.539. The molecule has 0 saturated heterocycles. The van der Waals surface area contributed by atoms with Gasteiger partial charge in [-0.25, -0.2) is 9.78 Å². The molecule has 2 heterocycles. The largest absolute Gasteiger partial charge is 0.493 e. The summed E-state index contributed by atoms with van der Waals surface area (Å²) in [6.45, 7) is 5.21. The van der Waals surface area contributed by atoms with Crippen LogP contribution < -0.4 is 20.7 Å². The van der Waals surface area contributed by atoms with Crippen molar-refractivity contribution in [2.75, 3.05) is 27.4 Å². The van der Waals surface area contributed by atoms with Crippen LogP contribution in [0.3, 0.4) is 0 Å². The molecule has 3 aromatic rings. The van der Waals surface area contributed by atoms with E-state index in [4.69, 9.17) is 14.2 Å². The fourth-order valence-electron chi connectivity index (χ4n) is 3.15. The molecule has 0 radical (unpaired) electrons. The van der Waals surface area contributed by atoms with Crippen molar-refractivity contribution in [2.45, 2.75) is 26.9 Å². The monoisotopic (exact) mass is 414 g/mol. The van der Waals surface area contributed by atoms with Crippen LogP contribution in [0.5, 0.6) is 11.5 Å². The lowest BCUT2D eigenvalue weighted by atomic mass is 10.2. The minimum Gasteiger partial charge on any atom is -0.493 e. The summed E-state index contributed by atoms with van der Waals surface area (Å²) in [6.07, 6.45) is 3.59. The van der Waals surface area contributed by atoms with Gasteiger partial charge < -0.3 is 19.2 Å². The van der Waals surface area contributed by atoms with Crippen LogP contribution in [0, 0.1) is 0 Å². The summed E-state index contributed by atoms with van der Waals surface area (Å²) in [4.78, 5) is 32.5. The van der Waals surface area contributed by atoms with Crippen LogP contribution in [0.15, 0.2) is 27.8 Å². The van der Waals surface area contributed by atoms with Gasteiger partial charge in [-0.05, 0) is 37.6 Å². The third kappa shape index (κ3) is 4.16. The van der Waals surface area contributed by atoms with Crippen LogP contribution in [-0.4, -0.2) is 46.5 Å². The molecule has 0 amide bonds. The van der Waals surface area contributed by atoms with Gasteiger partial charge >= 0.3 is 5.69 Å². The molecule has 0 saturated carbocycles. The van der Waals surface area contributed by atoms with Gasteiger partial charge in [0.15, 0.2) is 17.1 Å². The predicted octanol–water partition coefficient (Wildman–Crippen LogP) is 2.13. The Morgan fingerprint density at radius 3 is 2.47 bits per heavy atom. The van der Waals surface area contributed by atoms with E-state index in [1.165, 1.54) is 9.13 Å². The van der Waals surface area contributed by atoms with Gasteiger partial charge in [0, 0.05) is 20.2 Å². The Morgan fingerprint density at radius 2 is 1.80 bits per heavy atom. The molecule has 0 aliphatic carbocycles. The molecule has 9 nitrogen and oxygen atoms in total. The minimum atomic E-state index is -0.368. The van der Waals surface area contributed by atoms with Gasteiger partial charge in [-0.1, -0.05) is 12.1 Å². The number of hydrogen-bond acceptors (Lipinski definition) is 6. The Bertz CT molecular complexity index is 1170. The summed E-state index contributed by atoms with van der Waals surface area (Å²) in [6, 6.07) is 5.54. The highest BCUT2D eigenvalue weighted by molar-refractivity contribution is 5.76. The first-order valence-electron chi connectivity index (χ1n) is 9.75. The van der Waals surface area contributed by atoms with E-state index in [0.29, 0.717) is 54.8 Å². The van der Waals surface area contributed by atoms with Crippen LogP contribution >= 0.6 is 0 Å². The maximum Gasteiger partial charge on any atom is 0.332 e. The first-order valence-corrected chi connectivity index (χ1v) is 9.75. The van der Waals surface area contributed by atoms with E-state index in [9.17, 15) is 9.59 Å². The van der Waals surface area contributed by atoms with Crippen LogP contribution in [0.2, 0.25) is 0 Å². The van der Waals surface area contributed by atoms with Gasteiger partial charge in [0.05, 0.1) is 13.7 Å². The molecule has 2 aromatic heterocycles. The molecule has 160 valence electrons. The molecule has 1 aromatic carbocycles. The first-order chi connectivity index (χ1) is 14.5. The molecule has 9 heteroatoms. The number of aromatic nitrogens is 4. The zero-order valence-electron chi connectivity index (χ0n) is 17.6. The highest BCUT2D eigenvalue weighted by atomic mass is 16.5. The van der Waals surface area contributed by atoms with Gasteiger partial charge in [-0.2, -0.15) is 0 Å². The lowest BCUT2D eigenvalue weighted by molar-refractivity contribution is 0.144. The molecule has 3 rings (SSSR count). The Kier molecular flexibility index (Phi) is 6.73. The normalized spacial score (nSPS) is 11.5. The van der Waals surface area contributed by atoms with Gasteiger partial charge in [0.2, 0.25) is 0 Å². The van der Waals surface area contributed by atoms with Gasteiger partial charge in [-0.3, -0.25) is 13.9 Å². The van der Waals surface area contributed by atoms with Crippen molar-refractivity contribution < 1.29 is 14.2 Å². The Morgan fingerprint density at radius 1 is 1.03 bits per heavy atom. The molecule has 0 bridgehead atoms. The average molecular weight is 414 g/mol. The molecular formula is C21H26N4O5. The van der Waals surface area contributed by atoms with E-state index < -0.39 is 0 Å². The number of nitrogens with one attached hydrogen (secondary N) is 1. The van der Waals surface area contributed by atoms with Gasteiger partial charge in [0.1, 0.15) is 17.9 Å². The zero-order chi connectivity index (χ0) is 21.7. The molecule has 30 heavy (non-hydrogen) atoms. The number of aromatic amines is 1. The van der Waals surface area contributed by atoms with E-state index in [1.807, 2.05) is 31.2 Å². The maximum absolute atomic E-state index is 12.6. The number of hydrogen-bond donors (Lipinski definition) is 1. The van der Waals surface area contributed by atoms with Crippen molar-refractivity contribution in [3.05, 3.63) is 50.4 Å². The third-order valence-electron chi connectivity index (χ3n) is 4.68. The summed E-state index contributed by atoms with van der Waals surface area (Å²) in [5.74, 6) is 1.71. The number of benzene rings is 1. The molecular weight excluding hydrogens is 388 g/mol. The van der Waals surface area contributed by atoms with Crippen molar-refractivity contribution in [3.8, 4) is 11.5 Å². The number of imidazole rings is 1. The van der Waals surface area contributed by atoms with E-state index >= 15 is 0 Å². The highest BCUT2D eigenvalue weighted by Crippen LogP contribution is 2.28. The zero-order valence-corrected chi connectivity index (χ0v) is 17.6. The minimum absolute atomic E-state index is 0.301. The molecule has 0 fully saturated rings. The van der Waals surface area contributed by atoms with E-state index in [-0.39, 0.29) is 11.2 Å². The lowest BCUT2D eigenvalue weighted by Crippen LogP contribution is -2.39. The summed E-state index contributed by atoms with van der Waals surface area (Å²) in [5.41, 5.74) is 0.814. The molecule has 0 aliphatic heterocycles. The Balaban J connectivity index is 1.96. The second kappa shape index (κ2) is 9.45. The fourth-order valence-corrected chi connectivity index (χ4v) is 3.15. The summed E-state index contributed by atoms with van der Waals surface area (Å²) in [5, 5.41) is 0. The average Bonchev–Trinajstić information content (AvgIpc) is 3.17. The van der Waals surface area contributed by atoms with Gasteiger partial charge in [0.25, 0.3) is 5.56 Å². The SMILES string of the molecule is CCn1c(=O)c2[nH]c(C=Cc3ccc(OC)c(OCCOC)c3)nc2n(CC)c1=O. The van der Waals surface area contributed by atoms with Crippen molar-refractivity contribution in [2.24, 2.45) is 0 Å². The number of fused-ring (bicyclic) bond motifs is 1. The van der Waals surface area contributed by atoms with Crippen molar-refractivity contribution >= 4 is 23.3 Å². The Hall–Kier alpha value is -3.33. The second-order valence-corrected chi connectivity index (χ2v) is 6.48. The molecule has 1 N–H and O–H groups in total. The first kappa shape index (κ1) is 21.4. The Labute approximate surface area is 173 Å². The predicted molar refractivity (Wildman–Crippen MR) is 115 cm³/mol. The second-order valence-electron chi connectivity index (χ2n) is 6.48. The van der Waals surface area contributed by atoms with Crippen LogP contribution in [-0.2, 0) is 17.8 Å². The maximum atomic E-state index is 12.6. The molecule has 0 spiro atoms. The van der Waals surface area contributed by atoms with E-state index in [2.05, 4.69) is 9.97 Å². The fraction of sp³-hybridized carbons (Fsp3) is 0.381. The van der Waals surface area contributed by atoms with E-state index in [1.54, 1.807) is 27.2 Å². The van der Waals surface area contributed by atoms with Crippen LogP contribution in [0.1, 0.15) is 25.2 Å². The van der Waals surface area contributed by atoms with Crippen LogP contribution in [0.25, 0.3) is 23.3 Å². The molecule has 0 atom stereocenters. The standard InChI is InChI=1S/C21H26N4O5/c1-5-24-19-18(20(26)25(6-2)21(24)27)22-17(23-19)10-8-14-7-9-15(29-4)16(13-14)30-12-11-28-3/h7-10,13H,5-6,11-12H2,1-4H3,(H,22,23). The van der Waals surface area contributed by atoms with Crippen molar-refractivity contribution in [1.29, 1.82) is 0 Å². The van der Waals surface area contributed by atoms with Gasteiger partial charge in [-0.15, -0.1) is 0 Å². The number of H-pyrrole nitrogens is 1. The summed E-state index contributed by atoms with van der Waals surface area (Å²) >= 11 is 0. The number of rotatable bonds is 9. The highest BCUT2D eigenvalue weighted by Gasteiger charge is 2.15. The molecule has 0 unspecified atom stereocenters. The number of methoxy groups -OCH3 is 2. The topological polar surface area (TPSA) is 100 Å². The number of nitrogens with zero attached hydrogens (tertiary/aromatic N) is 3. The van der Waals surface area contributed by atoms with Crippen molar-refractivity contribution in [3.63, 3.8) is 0 Å².